The largest absolute Gasteiger partial charge is 0.383 e. The quantitative estimate of drug-likeness (QED) is 0.468. The Bertz CT molecular complexity index is 645. The molecule has 1 aliphatic carbocycles. The van der Waals surface area contributed by atoms with Gasteiger partial charge in [0, 0.05) is 20.1 Å². The van der Waals surface area contributed by atoms with Crippen molar-refractivity contribution in [1.82, 2.24) is 10.6 Å². The third-order valence-electron chi connectivity index (χ3n) is 4.77. The summed E-state index contributed by atoms with van der Waals surface area (Å²) in [6, 6.07) is 7.05. The summed E-state index contributed by atoms with van der Waals surface area (Å²) in [5.74, 6) is 0.351. The highest BCUT2D eigenvalue weighted by atomic mass is 32.1. The number of benzene rings is 1. The van der Waals surface area contributed by atoms with Crippen LogP contribution >= 0.6 is 12.2 Å². The first-order chi connectivity index (χ1) is 13.1. The normalized spacial score (nSPS) is 14.4. The number of thiocarbonyl (C=S) groups is 1. The van der Waals surface area contributed by atoms with E-state index in [2.05, 4.69) is 16.0 Å². The lowest BCUT2D eigenvalue weighted by Crippen LogP contribution is -2.35. The molecule has 27 heavy (non-hydrogen) atoms. The van der Waals surface area contributed by atoms with Crippen molar-refractivity contribution in [2.75, 3.05) is 25.6 Å². The topological polar surface area (TPSA) is 79.5 Å². The molecule has 0 saturated heterocycles. The molecule has 1 saturated carbocycles. The Balaban J connectivity index is 1.82. The summed E-state index contributed by atoms with van der Waals surface area (Å²) in [7, 11) is 1.58. The first kappa shape index (κ1) is 21.3. The Morgan fingerprint density at radius 2 is 1.93 bits per heavy atom. The van der Waals surface area contributed by atoms with Crippen LogP contribution in [0.15, 0.2) is 24.3 Å². The van der Waals surface area contributed by atoms with Gasteiger partial charge in [-0.1, -0.05) is 44.2 Å². The zero-order valence-corrected chi connectivity index (χ0v) is 16.7. The maximum atomic E-state index is 12.3. The second-order valence-electron chi connectivity index (χ2n) is 6.84. The lowest BCUT2D eigenvalue weighted by Gasteiger charge is -2.21. The molecule has 2 amide bonds. The number of para-hydroxylation sites is 1. The summed E-state index contributed by atoms with van der Waals surface area (Å²) < 4.78 is 4.93. The van der Waals surface area contributed by atoms with Crippen molar-refractivity contribution in [3.63, 3.8) is 0 Å². The van der Waals surface area contributed by atoms with Crippen LogP contribution in [0.25, 0.3) is 0 Å². The predicted molar refractivity (Wildman–Crippen MR) is 111 cm³/mol. The van der Waals surface area contributed by atoms with Crippen LogP contribution in [0, 0.1) is 5.92 Å². The standard InChI is InChI=1S/C20H29N3O3S/c1-26-14-13-21-19(25)16-9-5-6-10-17(16)22-20(27)23-18(24)12-11-15-7-3-2-4-8-15/h5-6,9-10,15H,2-4,7-8,11-14H2,1H3,(H,21,25)(H2,22,23,24,27). The number of carbonyl (C=O) groups excluding carboxylic acids is 2. The number of hydrogen-bond donors (Lipinski definition) is 3. The Kier molecular flexibility index (Phi) is 9.21. The van der Waals surface area contributed by atoms with Crippen LogP contribution in [0.5, 0.6) is 0 Å². The van der Waals surface area contributed by atoms with Gasteiger partial charge in [0.2, 0.25) is 5.91 Å². The Hall–Kier alpha value is -1.99. The number of hydrogen-bond acceptors (Lipinski definition) is 4. The van der Waals surface area contributed by atoms with Crippen molar-refractivity contribution in [2.45, 2.75) is 44.9 Å². The van der Waals surface area contributed by atoms with E-state index in [-0.39, 0.29) is 16.9 Å². The molecular weight excluding hydrogens is 362 g/mol. The van der Waals surface area contributed by atoms with Crippen molar-refractivity contribution < 1.29 is 14.3 Å². The molecule has 3 N–H and O–H groups in total. The second-order valence-corrected chi connectivity index (χ2v) is 7.25. The van der Waals surface area contributed by atoms with E-state index in [0.717, 1.165) is 6.42 Å². The Morgan fingerprint density at radius 1 is 1.19 bits per heavy atom. The van der Waals surface area contributed by atoms with E-state index in [1.54, 1.807) is 25.3 Å². The summed E-state index contributed by atoms with van der Waals surface area (Å²) in [4.78, 5) is 24.4. The second kappa shape index (κ2) is 11.7. The molecule has 0 radical (unpaired) electrons. The van der Waals surface area contributed by atoms with E-state index < -0.39 is 0 Å². The SMILES string of the molecule is COCCNC(=O)c1ccccc1NC(=S)NC(=O)CCC1CCCCC1. The maximum Gasteiger partial charge on any atom is 0.253 e. The minimum atomic E-state index is -0.221. The zero-order chi connectivity index (χ0) is 19.5. The third kappa shape index (κ3) is 7.64. The van der Waals surface area contributed by atoms with Crippen molar-refractivity contribution in [3.8, 4) is 0 Å². The maximum absolute atomic E-state index is 12.3. The van der Waals surface area contributed by atoms with E-state index in [9.17, 15) is 9.59 Å². The van der Waals surface area contributed by atoms with E-state index >= 15 is 0 Å². The van der Waals surface area contributed by atoms with Gasteiger partial charge in [0.1, 0.15) is 0 Å². The minimum absolute atomic E-state index is 0.0832. The number of rotatable bonds is 8. The molecule has 1 aromatic rings. The molecule has 1 aromatic carbocycles. The summed E-state index contributed by atoms with van der Waals surface area (Å²) in [6.45, 7) is 0.864. The fraction of sp³-hybridized carbons (Fsp3) is 0.550. The van der Waals surface area contributed by atoms with Crippen molar-refractivity contribution in [3.05, 3.63) is 29.8 Å². The van der Waals surface area contributed by atoms with Crippen LogP contribution in [-0.4, -0.2) is 37.2 Å². The number of nitrogens with one attached hydrogen (secondary N) is 3. The number of ether oxygens (including phenoxy) is 1. The first-order valence-electron chi connectivity index (χ1n) is 9.57. The van der Waals surface area contributed by atoms with E-state index in [4.69, 9.17) is 17.0 Å². The summed E-state index contributed by atoms with van der Waals surface area (Å²) in [5, 5.41) is 8.66. The molecule has 1 aliphatic rings. The van der Waals surface area contributed by atoms with Crippen molar-refractivity contribution in [1.29, 1.82) is 0 Å². The van der Waals surface area contributed by atoms with Crippen molar-refractivity contribution in [2.24, 2.45) is 5.92 Å². The smallest absolute Gasteiger partial charge is 0.253 e. The van der Waals surface area contributed by atoms with Crippen molar-refractivity contribution >= 4 is 34.8 Å². The van der Waals surface area contributed by atoms with Crippen LogP contribution in [0.1, 0.15) is 55.3 Å². The van der Waals surface area contributed by atoms with Gasteiger partial charge in [-0.05, 0) is 36.7 Å². The fourth-order valence-corrected chi connectivity index (χ4v) is 3.53. The molecule has 0 heterocycles. The fourth-order valence-electron chi connectivity index (χ4n) is 3.31. The average Bonchev–Trinajstić information content (AvgIpc) is 2.67. The van der Waals surface area contributed by atoms with Crippen LogP contribution in [-0.2, 0) is 9.53 Å². The van der Waals surface area contributed by atoms with Gasteiger partial charge >= 0.3 is 0 Å². The average molecular weight is 392 g/mol. The first-order valence-corrected chi connectivity index (χ1v) is 9.98. The number of methoxy groups -OCH3 is 1. The highest BCUT2D eigenvalue weighted by molar-refractivity contribution is 7.80. The highest BCUT2D eigenvalue weighted by Gasteiger charge is 2.16. The van der Waals surface area contributed by atoms with Crippen LogP contribution in [0.2, 0.25) is 0 Å². The Labute approximate surface area is 166 Å². The molecule has 0 bridgehead atoms. The molecular formula is C20H29N3O3S. The lowest BCUT2D eigenvalue weighted by atomic mass is 9.86. The number of anilines is 1. The van der Waals surface area contributed by atoms with Gasteiger partial charge in [-0.3, -0.25) is 9.59 Å². The molecule has 0 aromatic heterocycles. The molecule has 0 atom stereocenters. The van der Waals surface area contributed by atoms with Crippen LogP contribution < -0.4 is 16.0 Å². The monoisotopic (exact) mass is 391 g/mol. The summed E-state index contributed by atoms with van der Waals surface area (Å²) in [6.07, 6.45) is 7.70. The molecule has 6 nitrogen and oxygen atoms in total. The lowest BCUT2D eigenvalue weighted by molar-refractivity contribution is -0.120. The van der Waals surface area contributed by atoms with E-state index in [1.165, 1.54) is 32.1 Å². The number of amides is 2. The summed E-state index contributed by atoms with van der Waals surface area (Å²) in [5.41, 5.74) is 1.03. The highest BCUT2D eigenvalue weighted by Crippen LogP contribution is 2.27. The number of carbonyl (C=O) groups is 2. The predicted octanol–water partition coefficient (Wildman–Crippen LogP) is 3.24. The van der Waals surface area contributed by atoms with Gasteiger partial charge in [0.05, 0.1) is 17.9 Å². The van der Waals surface area contributed by atoms with Gasteiger partial charge in [-0.2, -0.15) is 0 Å². The molecule has 148 valence electrons. The van der Waals surface area contributed by atoms with Gasteiger partial charge in [0.25, 0.3) is 5.91 Å². The van der Waals surface area contributed by atoms with E-state index in [1.807, 2.05) is 6.07 Å². The van der Waals surface area contributed by atoms with Gasteiger partial charge in [0.15, 0.2) is 5.11 Å². The van der Waals surface area contributed by atoms with Gasteiger partial charge in [-0.25, -0.2) is 0 Å². The molecule has 0 aliphatic heterocycles. The zero-order valence-electron chi connectivity index (χ0n) is 15.9. The van der Waals surface area contributed by atoms with Gasteiger partial charge < -0.3 is 20.7 Å². The molecule has 2 rings (SSSR count). The minimum Gasteiger partial charge on any atom is -0.383 e. The third-order valence-corrected chi connectivity index (χ3v) is 4.97. The van der Waals surface area contributed by atoms with E-state index in [0.29, 0.717) is 36.7 Å². The molecule has 0 spiro atoms. The van der Waals surface area contributed by atoms with Crippen LogP contribution in [0.4, 0.5) is 5.69 Å². The summed E-state index contributed by atoms with van der Waals surface area (Å²) >= 11 is 5.24. The van der Waals surface area contributed by atoms with Gasteiger partial charge in [-0.15, -0.1) is 0 Å². The van der Waals surface area contributed by atoms with Crippen LogP contribution in [0.3, 0.4) is 0 Å². The molecule has 0 unspecified atom stereocenters. The molecule has 7 heteroatoms. The molecule has 1 fully saturated rings. The Morgan fingerprint density at radius 3 is 2.67 bits per heavy atom.